The van der Waals surface area contributed by atoms with Gasteiger partial charge in [-0.05, 0) is 18.0 Å². The SMILES string of the molecule is CCCCCc1nc(C(F)(F)F)ns1. The molecular weight excluding hydrogens is 213 g/mol. The van der Waals surface area contributed by atoms with Crippen LogP contribution >= 0.6 is 11.5 Å². The zero-order valence-corrected chi connectivity index (χ0v) is 8.58. The van der Waals surface area contributed by atoms with Crippen LogP contribution in [0, 0.1) is 0 Å². The van der Waals surface area contributed by atoms with Gasteiger partial charge in [0, 0.05) is 6.42 Å². The van der Waals surface area contributed by atoms with Crippen molar-refractivity contribution in [1.82, 2.24) is 9.36 Å². The van der Waals surface area contributed by atoms with Crippen LogP contribution in [0.1, 0.15) is 37.0 Å². The van der Waals surface area contributed by atoms with Gasteiger partial charge in [0.2, 0.25) is 5.82 Å². The standard InChI is InChI=1S/C8H11F3N2S/c1-2-3-4-5-6-12-7(13-14-6)8(9,10)11/h2-5H2,1H3. The predicted molar refractivity (Wildman–Crippen MR) is 48.1 cm³/mol. The lowest BCUT2D eigenvalue weighted by Gasteiger charge is -1.98. The summed E-state index contributed by atoms with van der Waals surface area (Å²) in [6.07, 6.45) is -0.865. The molecule has 1 aromatic rings. The summed E-state index contributed by atoms with van der Waals surface area (Å²) in [6.45, 7) is 2.04. The molecule has 0 fully saturated rings. The van der Waals surface area contributed by atoms with Crippen LogP contribution in [-0.2, 0) is 12.6 Å². The molecule has 6 heteroatoms. The molecule has 0 aliphatic rings. The minimum Gasteiger partial charge on any atom is -0.216 e. The summed E-state index contributed by atoms with van der Waals surface area (Å²) < 4.78 is 39.5. The summed E-state index contributed by atoms with van der Waals surface area (Å²) in [5, 5.41) is 0.478. The van der Waals surface area contributed by atoms with Crippen molar-refractivity contribution in [2.24, 2.45) is 0 Å². The summed E-state index contributed by atoms with van der Waals surface area (Å²) in [6, 6.07) is 0. The van der Waals surface area contributed by atoms with E-state index >= 15 is 0 Å². The topological polar surface area (TPSA) is 25.8 Å². The molecule has 0 saturated heterocycles. The van der Waals surface area contributed by atoms with Crippen molar-refractivity contribution < 1.29 is 13.2 Å². The van der Waals surface area contributed by atoms with Gasteiger partial charge in [-0.2, -0.15) is 17.5 Å². The number of aromatic nitrogens is 2. The molecule has 0 spiro atoms. The van der Waals surface area contributed by atoms with Crippen molar-refractivity contribution >= 4 is 11.5 Å². The molecule has 0 atom stereocenters. The fraction of sp³-hybridized carbons (Fsp3) is 0.750. The Morgan fingerprint density at radius 2 is 2.00 bits per heavy atom. The minimum atomic E-state index is -4.40. The zero-order chi connectivity index (χ0) is 10.6. The highest BCUT2D eigenvalue weighted by Gasteiger charge is 2.35. The second-order valence-corrected chi connectivity index (χ2v) is 3.80. The van der Waals surface area contributed by atoms with Crippen LogP contribution in [0.15, 0.2) is 0 Å². The molecule has 0 bridgehead atoms. The Labute approximate surface area is 84.3 Å². The molecule has 0 aromatic carbocycles. The molecule has 1 rings (SSSR count). The van der Waals surface area contributed by atoms with Gasteiger partial charge in [0.15, 0.2) is 0 Å². The van der Waals surface area contributed by atoms with Gasteiger partial charge in [-0.3, -0.25) is 0 Å². The van der Waals surface area contributed by atoms with E-state index in [0.717, 1.165) is 30.8 Å². The Kier molecular flexibility index (Phi) is 3.86. The van der Waals surface area contributed by atoms with Crippen LogP contribution in [0.3, 0.4) is 0 Å². The number of alkyl halides is 3. The van der Waals surface area contributed by atoms with Crippen LogP contribution in [0.25, 0.3) is 0 Å². The Hall–Kier alpha value is -0.650. The van der Waals surface area contributed by atoms with E-state index in [1.54, 1.807) is 0 Å². The summed E-state index contributed by atoms with van der Waals surface area (Å²) in [7, 11) is 0. The normalized spacial score (nSPS) is 12.0. The van der Waals surface area contributed by atoms with E-state index < -0.39 is 12.0 Å². The number of aryl methyl sites for hydroxylation is 1. The van der Waals surface area contributed by atoms with Crippen LogP contribution in [-0.4, -0.2) is 9.36 Å². The van der Waals surface area contributed by atoms with Crippen molar-refractivity contribution in [2.45, 2.75) is 38.8 Å². The monoisotopic (exact) mass is 224 g/mol. The third-order valence-electron chi connectivity index (χ3n) is 1.72. The smallest absolute Gasteiger partial charge is 0.216 e. The predicted octanol–water partition coefficient (Wildman–Crippen LogP) is 3.29. The number of hydrogen-bond acceptors (Lipinski definition) is 3. The number of halogens is 3. The molecule has 0 N–H and O–H groups in total. The number of rotatable bonds is 4. The Balaban J connectivity index is 2.51. The zero-order valence-electron chi connectivity index (χ0n) is 7.76. The average Bonchev–Trinajstić information content (AvgIpc) is 2.52. The van der Waals surface area contributed by atoms with Crippen molar-refractivity contribution in [2.75, 3.05) is 0 Å². The molecule has 0 amide bonds. The fourth-order valence-electron chi connectivity index (χ4n) is 0.998. The lowest BCUT2D eigenvalue weighted by Crippen LogP contribution is -2.07. The summed E-state index contributed by atoms with van der Waals surface area (Å²) in [4.78, 5) is 3.44. The first-order chi connectivity index (χ1) is 6.54. The van der Waals surface area contributed by atoms with Crippen molar-refractivity contribution in [1.29, 1.82) is 0 Å². The molecule has 1 heterocycles. The molecule has 2 nitrogen and oxygen atoms in total. The maximum atomic E-state index is 12.1. The molecule has 1 aromatic heterocycles. The van der Waals surface area contributed by atoms with Crippen LogP contribution < -0.4 is 0 Å². The molecule has 0 radical (unpaired) electrons. The van der Waals surface area contributed by atoms with E-state index in [9.17, 15) is 13.2 Å². The first kappa shape index (κ1) is 11.4. The van der Waals surface area contributed by atoms with Gasteiger partial charge in [0.05, 0.1) is 0 Å². The fourth-order valence-corrected chi connectivity index (χ4v) is 1.70. The second kappa shape index (κ2) is 4.72. The molecule has 14 heavy (non-hydrogen) atoms. The molecule has 80 valence electrons. The van der Waals surface area contributed by atoms with Crippen LogP contribution in [0.4, 0.5) is 13.2 Å². The highest BCUT2D eigenvalue weighted by molar-refractivity contribution is 7.05. The van der Waals surface area contributed by atoms with Gasteiger partial charge >= 0.3 is 6.18 Å². The first-order valence-corrected chi connectivity index (χ1v) is 5.21. The van der Waals surface area contributed by atoms with E-state index in [2.05, 4.69) is 9.36 Å². The highest BCUT2D eigenvalue weighted by Crippen LogP contribution is 2.27. The maximum Gasteiger partial charge on any atom is 0.452 e. The van der Waals surface area contributed by atoms with E-state index in [0.29, 0.717) is 11.4 Å². The molecule has 0 saturated carbocycles. The molecule has 0 aliphatic carbocycles. The molecule has 0 aliphatic heterocycles. The first-order valence-electron chi connectivity index (χ1n) is 4.44. The van der Waals surface area contributed by atoms with Crippen molar-refractivity contribution in [3.63, 3.8) is 0 Å². The highest BCUT2D eigenvalue weighted by atomic mass is 32.1. The third-order valence-corrected chi connectivity index (χ3v) is 2.49. The molecule has 0 unspecified atom stereocenters. The Morgan fingerprint density at radius 3 is 2.50 bits per heavy atom. The number of unbranched alkanes of at least 4 members (excludes halogenated alkanes) is 2. The number of hydrogen-bond donors (Lipinski definition) is 0. The summed E-state index contributed by atoms with van der Waals surface area (Å²) >= 11 is 0.846. The van der Waals surface area contributed by atoms with Gasteiger partial charge in [0.25, 0.3) is 0 Å². The van der Waals surface area contributed by atoms with E-state index in [4.69, 9.17) is 0 Å². The van der Waals surface area contributed by atoms with Crippen LogP contribution in [0.5, 0.6) is 0 Å². The van der Waals surface area contributed by atoms with E-state index in [1.807, 2.05) is 6.92 Å². The Bertz CT molecular complexity index is 282. The van der Waals surface area contributed by atoms with Gasteiger partial charge in [-0.25, -0.2) is 4.98 Å². The van der Waals surface area contributed by atoms with Gasteiger partial charge < -0.3 is 0 Å². The summed E-state index contributed by atoms with van der Waals surface area (Å²) in [5.41, 5.74) is 0. The van der Waals surface area contributed by atoms with Crippen LogP contribution in [0.2, 0.25) is 0 Å². The number of nitrogens with zero attached hydrogens (tertiary/aromatic N) is 2. The van der Waals surface area contributed by atoms with Gasteiger partial charge in [-0.15, -0.1) is 0 Å². The second-order valence-electron chi connectivity index (χ2n) is 2.97. The molecular formula is C8H11F3N2S. The van der Waals surface area contributed by atoms with Crippen molar-refractivity contribution in [3.8, 4) is 0 Å². The minimum absolute atomic E-state index is 0.478. The average molecular weight is 224 g/mol. The van der Waals surface area contributed by atoms with E-state index in [1.165, 1.54) is 0 Å². The summed E-state index contributed by atoms with van der Waals surface area (Å²) in [5.74, 6) is -1.01. The lowest BCUT2D eigenvalue weighted by molar-refractivity contribution is -0.144. The largest absolute Gasteiger partial charge is 0.452 e. The lowest BCUT2D eigenvalue weighted by atomic mass is 10.2. The van der Waals surface area contributed by atoms with Crippen molar-refractivity contribution in [3.05, 3.63) is 10.8 Å². The quantitative estimate of drug-likeness (QED) is 0.733. The Morgan fingerprint density at radius 1 is 1.29 bits per heavy atom. The maximum absolute atomic E-state index is 12.1. The van der Waals surface area contributed by atoms with Gasteiger partial charge in [-0.1, -0.05) is 19.8 Å². The van der Waals surface area contributed by atoms with Gasteiger partial charge in [0.1, 0.15) is 5.01 Å². The van der Waals surface area contributed by atoms with E-state index in [-0.39, 0.29) is 0 Å². The third kappa shape index (κ3) is 3.25.